The summed E-state index contributed by atoms with van der Waals surface area (Å²) in [5.41, 5.74) is 1.55. The zero-order chi connectivity index (χ0) is 23.3. The first-order valence-electron chi connectivity index (χ1n) is 10.9. The molecule has 0 spiro atoms. The van der Waals surface area contributed by atoms with Gasteiger partial charge in [0.15, 0.2) is 5.15 Å². The lowest BCUT2D eigenvalue weighted by Gasteiger charge is -2.29. The van der Waals surface area contributed by atoms with E-state index in [1.165, 1.54) is 0 Å². The molecule has 176 valence electrons. The maximum atomic E-state index is 11.0. The first-order chi connectivity index (χ1) is 15.9. The predicted molar refractivity (Wildman–Crippen MR) is 129 cm³/mol. The van der Waals surface area contributed by atoms with Crippen LogP contribution in [0.25, 0.3) is 10.9 Å². The second-order valence-corrected chi connectivity index (χ2v) is 10.3. The Morgan fingerprint density at radius 1 is 1.09 bits per heavy atom. The highest BCUT2D eigenvalue weighted by molar-refractivity contribution is 7.85. The van der Waals surface area contributed by atoms with Crippen molar-refractivity contribution in [2.45, 2.75) is 38.1 Å². The molecule has 3 aromatic heterocycles. The van der Waals surface area contributed by atoms with Gasteiger partial charge in [0, 0.05) is 43.0 Å². The molecule has 1 aliphatic rings. The summed E-state index contributed by atoms with van der Waals surface area (Å²) in [5, 5.41) is 8.24. The van der Waals surface area contributed by atoms with E-state index in [1.54, 1.807) is 18.6 Å². The number of nitrogens with one attached hydrogen (secondary N) is 2. The first-order valence-corrected chi connectivity index (χ1v) is 13.1. The van der Waals surface area contributed by atoms with Crippen LogP contribution in [-0.4, -0.2) is 53.8 Å². The lowest BCUT2D eigenvalue weighted by molar-refractivity contribution is 0.325. The Bertz CT molecular complexity index is 1180. The Labute approximate surface area is 198 Å². The molecular formula is C22H27ClN6O3S. The van der Waals surface area contributed by atoms with E-state index >= 15 is 0 Å². The van der Waals surface area contributed by atoms with Gasteiger partial charge < -0.3 is 10.6 Å². The van der Waals surface area contributed by atoms with Crippen molar-refractivity contribution >= 4 is 44.4 Å². The number of fused-ring (bicyclic) bond motifs is 1. The monoisotopic (exact) mass is 490 g/mol. The first kappa shape index (κ1) is 23.6. The molecule has 0 atom stereocenters. The summed E-state index contributed by atoms with van der Waals surface area (Å²) in [6, 6.07) is 6.28. The van der Waals surface area contributed by atoms with Crippen molar-refractivity contribution in [1.82, 2.24) is 19.9 Å². The molecule has 0 radical (unpaired) electrons. The molecule has 11 heteroatoms. The van der Waals surface area contributed by atoms with Crippen molar-refractivity contribution in [3.05, 3.63) is 47.5 Å². The van der Waals surface area contributed by atoms with Gasteiger partial charge in [-0.05, 0) is 55.4 Å². The number of halogens is 1. The molecule has 0 aliphatic heterocycles. The zero-order valence-corrected chi connectivity index (χ0v) is 19.9. The molecule has 0 bridgehead atoms. The second kappa shape index (κ2) is 10.6. The van der Waals surface area contributed by atoms with Crippen LogP contribution < -0.4 is 10.6 Å². The van der Waals surface area contributed by atoms with Gasteiger partial charge in [-0.25, -0.2) is 19.9 Å². The minimum Gasteiger partial charge on any atom is -0.367 e. The summed E-state index contributed by atoms with van der Waals surface area (Å²) >= 11 is 6.18. The highest BCUT2D eigenvalue weighted by Crippen LogP contribution is 2.27. The van der Waals surface area contributed by atoms with E-state index in [1.807, 2.05) is 18.2 Å². The van der Waals surface area contributed by atoms with Gasteiger partial charge in [-0.15, -0.1) is 0 Å². The van der Waals surface area contributed by atoms with Gasteiger partial charge in [0.05, 0.1) is 12.9 Å². The van der Waals surface area contributed by atoms with Crippen LogP contribution in [0.5, 0.6) is 0 Å². The van der Waals surface area contributed by atoms with Gasteiger partial charge in [-0.2, -0.15) is 8.42 Å². The molecule has 1 fully saturated rings. The molecule has 1 saturated carbocycles. The van der Waals surface area contributed by atoms with Gasteiger partial charge >= 0.3 is 0 Å². The lowest BCUT2D eigenvalue weighted by atomic mass is 9.86. The summed E-state index contributed by atoms with van der Waals surface area (Å²) in [5.74, 6) is 1.96. The summed E-state index contributed by atoms with van der Waals surface area (Å²) in [7, 11) is -3.42. The number of hydrogen-bond donors (Lipinski definition) is 2. The van der Waals surface area contributed by atoms with Gasteiger partial charge in [0.2, 0.25) is 5.95 Å². The highest BCUT2D eigenvalue weighted by Gasteiger charge is 2.21. The Morgan fingerprint density at radius 3 is 2.58 bits per heavy atom. The molecule has 3 heterocycles. The smallest absolute Gasteiger partial charge is 0.264 e. The fourth-order valence-electron chi connectivity index (χ4n) is 3.94. The molecule has 33 heavy (non-hydrogen) atoms. The Morgan fingerprint density at radius 2 is 1.85 bits per heavy atom. The van der Waals surface area contributed by atoms with E-state index < -0.39 is 10.1 Å². The maximum absolute atomic E-state index is 11.0. The van der Waals surface area contributed by atoms with Crippen LogP contribution in [0.3, 0.4) is 0 Å². The molecule has 0 saturated heterocycles. The van der Waals surface area contributed by atoms with E-state index in [4.69, 9.17) is 15.8 Å². The van der Waals surface area contributed by atoms with Gasteiger partial charge in [0.25, 0.3) is 10.1 Å². The third kappa shape index (κ3) is 6.96. The molecule has 9 nitrogen and oxygen atoms in total. The van der Waals surface area contributed by atoms with Crippen molar-refractivity contribution < 1.29 is 12.6 Å². The fourth-order valence-corrected chi connectivity index (χ4v) is 4.53. The molecule has 0 amide bonds. The molecule has 4 rings (SSSR count). The van der Waals surface area contributed by atoms with Gasteiger partial charge in [0.1, 0.15) is 11.3 Å². The molecule has 0 unspecified atom stereocenters. The Balaban J connectivity index is 1.20. The van der Waals surface area contributed by atoms with E-state index in [0.29, 0.717) is 29.5 Å². The van der Waals surface area contributed by atoms with Crippen LogP contribution in [0.15, 0.2) is 36.8 Å². The van der Waals surface area contributed by atoms with Crippen molar-refractivity contribution in [1.29, 1.82) is 0 Å². The van der Waals surface area contributed by atoms with Crippen LogP contribution in [0, 0.1) is 5.92 Å². The van der Waals surface area contributed by atoms with Gasteiger partial charge in [-0.3, -0.25) is 4.18 Å². The zero-order valence-electron chi connectivity index (χ0n) is 18.4. The Kier molecular flexibility index (Phi) is 7.56. The topological polar surface area (TPSA) is 119 Å². The summed E-state index contributed by atoms with van der Waals surface area (Å²) in [6.07, 6.45) is 10.9. The van der Waals surface area contributed by atoms with Crippen LogP contribution >= 0.6 is 11.6 Å². The maximum Gasteiger partial charge on any atom is 0.264 e. The van der Waals surface area contributed by atoms with Crippen molar-refractivity contribution in [2.75, 3.05) is 30.0 Å². The molecule has 1 aliphatic carbocycles. The number of aromatic nitrogens is 4. The number of rotatable bonds is 9. The van der Waals surface area contributed by atoms with E-state index in [9.17, 15) is 8.42 Å². The standard InChI is InChI=1S/C22H27ClN6O3S/c1-33(30,31)32-11-9-16-13-26-22(27-14-16)25-12-15-2-5-18(6-3-15)28-19-7-4-17-8-10-24-21(23)20(17)29-19/h4,7-8,10,13-15,18H,2-3,5-6,9,11-12H2,1H3,(H,28,29)(H,25,26,27)/t15-,18-. The number of hydrogen-bond acceptors (Lipinski definition) is 9. The number of pyridine rings is 2. The second-order valence-electron chi connectivity index (χ2n) is 8.30. The van der Waals surface area contributed by atoms with Crippen molar-refractivity contribution in [3.8, 4) is 0 Å². The lowest BCUT2D eigenvalue weighted by Crippen LogP contribution is -2.29. The van der Waals surface area contributed by atoms with E-state index in [0.717, 1.165) is 60.8 Å². The highest BCUT2D eigenvalue weighted by atomic mass is 35.5. The number of nitrogens with zero attached hydrogens (tertiary/aromatic N) is 4. The van der Waals surface area contributed by atoms with Crippen LogP contribution in [-0.2, 0) is 20.7 Å². The fraction of sp³-hybridized carbons (Fsp3) is 0.455. The quantitative estimate of drug-likeness (QED) is 0.342. The predicted octanol–water partition coefficient (Wildman–Crippen LogP) is 3.67. The average Bonchev–Trinajstić information content (AvgIpc) is 2.79. The van der Waals surface area contributed by atoms with Crippen molar-refractivity contribution in [2.24, 2.45) is 5.92 Å². The minimum atomic E-state index is -3.42. The third-order valence-electron chi connectivity index (χ3n) is 5.70. The Hall–Kier alpha value is -2.56. The van der Waals surface area contributed by atoms with Gasteiger partial charge in [-0.1, -0.05) is 11.6 Å². The third-order valence-corrected chi connectivity index (χ3v) is 6.58. The summed E-state index contributed by atoms with van der Waals surface area (Å²) in [6.45, 7) is 0.906. The molecule has 2 N–H and O–H groups in total. The number of anilines is 2. The molecule has 3 aromatic rings. The van der Waals surface area contributed by atoms with Crippen LogP contribution in [0.4, 0.5) is 11.8 Å². The SMILES string of the molecule is CS(=O)(=O)OCCc1cnc(NC[C@H]2CC[C@H](Nc3ccc4ccnc(Cl)c4n3)CC2)nc1. The summed E-state index contributed by atoms with van der Waals surface area (Å²) < 4.78 is 26.8. The van der Waals surface area contributed by atoms with E-state index in [-0.39, 0.29) is 6.61 Å². The minimum absolute atomic E-state index is 0.0882. The molecular weight excluding hydrogens is 464 g/mol. The van der Waals surface area contributed by atoms with Crippen LogP contribution in [0.2, 0.25) is 5.15 Å². The van der Waals surface area contributed by atoms with Crippen molar-refractivity contribution in [3.63, 3.8) is 0 Å². The molecule has 0 aromatic carbocycles. The summed E-state index contributed by atoms with van der Waals surface area (Å²) in [4.78, 5) is 17.4. The average molecular weight is 491 g/mol. The largest absolute Gasteiger partial charge is 0.367 e. The van der Waals surface area contributed by atoms with E-state index in [2.05, 4.69) is 30.6 Å². The normalized spacial score (nSPS) is 18.8. The van der Waals surface area contributed by atoms with Crippen LogP contribution in [0.1, 0.15) is 31.2 Å².